The summed E-state index contributed by atoms with van der Waals surface area (Å²) in [6.45, 7) is 4.00. The molecular weight excluding hydrogens is 224 g/mol. The van der Waals surface area contributed by atoms with Gasteiger partial charge in [-0.2, -0.15) is 0 Å². The van der Waals surface area contributed by atoms with Gasteiger partial charge in [0.05, 0.1) is 5.56 Å². The highest BCUT2D eigenvalue weighted by molar-refractivity contribution is 5.91. The van der Waals surface area contributed by atoms with Crippen LogP contribution in [0.2, 0.25) is 0 Å². The van der Waals surface area contributed by atoms with Crippen molar-refractivity contribution < 1.29 is 9.90 Å². The molecule has 0 unspecified atom stereocenters. The molecular formula is C16H16O2. The monoisotopic (exact) mass is 240 g/mol. The number of benzene rings is 2. The van der Waals surface area contributed by atoms with E-state index in [0.29, 0.717) is 5.56 Å². The molecule has 0 aliphatic carbocycles. The van der Waals surface area contributed by atoms with Crippen LogP contribution < -0.4 is 0 Å². The normalized spacial score (nSPS) is 10.3. The Balaban J connectivity index is 2.63. The van der Waals surface area contributed by atoms with Crippen LogP contribution in [-0.4, -0.2) is 11.1 Å². The van der Waals surface area contributed by atoms with Gasteiger partial charge in [0.1, 0.15) is 0 Å². The Morgan fingerprint density at radius 2 is 1.83 bits per heavy atom. The summed E-state index contributed by atoms with van der Waals surface area (Å²) < 4.78 is 0. The Morgan fingerprint density at radius 3 is 2.39 bits per heavy atom. The summed E-state index contributed by atoms with van der Waals surface area (Å²) in [6.07, 6.45) is 0.734. The van der Waals surface area contributed by atoms with Crippen molar-refractivity contribution in [1.82, 2.24) is 0 Å². The van der Waals surface area contributed by atoms with Gasteiger partial charge in [0.2, 0.25) is 0 Å². The smallest absolute Gasteiger partial charge is 0.335 e. The van der Waals surface area contributed by atoms with E-state index < -0.39 is 5.97 Å². The largest absolute Gasteiger partial charge is 0.478 e. The first-order valence-electron chi connectivity index (χ1n) is 6.05. The Labute approximate surface area is 107 Å². The van der Waals surface area contributed by atoms with E-state index in [2.05, 4.69) is 0 Å². The first-order chi connectivity index (χ1) is 8.63. The number of aryl methyl sites for hydroxylation is 2. The minimum atomic E-state index is -0.857. The summed E-state index contributed by atoms with van der Waals surface area (Å²) in [6, 6.07) is 13.6. The van der Waals surface area contributed by atoms with E-state index in [9.17, 15) is 9.90 Å². The van der Waals surface area contributed by atoms with Gasteiger partial charge in [0.15, 0.2) is 0 Å². The third-order valence-electron chi connectivity index (χ3n) is 3.15. The summed E-state index contributed by atoms with van der Waals surface area (Å²) in [5, 5.41) is 9.26. The van der Waals surface area contributed by atoms with E-state index in [1.54, 1.807) is 6.07 Å². The topological polar surface area (TPSA) is 37.3 Å². The molecule has 0 bridgehead atoms. The quantitative estimate of drug-likeness (QED) is 0.882. The second-order valence-electron chi connectivity index (χ2n) is 4.35. The van der Waals surface area contributed by atoms with Crippen LogP contribution >= 0.6 is 0 Å². The number of aromatic carboxylic acids is 1. The van der Waals surface area contributed by atoms with E-state index in [1.165, 1.54) is 0 Å². The molecule has 0 radical (unpaired) electrons. The molecule has 2 nitrogen and oxygen atoms in total. The average molecular weight is 240 g/mol. The molecule has 2 aromatic rings. The van der Waals surface area contributed by atoms with Gasteiger partial charge in [-0.05, 0) is 41.7 Å². The van der Waals surface area contributed by atoms with E-state index in [-0.39, 0.29) is 0 Å². The minimum Gasteiger partial charge on any atom is -0.478 e. The van der Waals surface area contributed by atoms with Crippen molar-refractivity contribution in [3.05, 3.63) is 59.2 Å². The van der Waals surface area contributed by atoms with Crippen molar-refractivity contribution in [3.8, 4) is 11.1 Å². The fourth-order valence-electron chi connectivity index (χ4n) is 2.19. The molecule has 0 heterocycles. The first-order valence-corrected chi connectivity index (χ1v) is 6.05. The Hall–Kier alpha value is -2.09. The van der Waals surface area contributed by atoms with Crippen LogP contribution in [0.3, 0.4) is 0 Å². The van der Waals surface area contributed by atoms with Gasteiger partial charge in [-0.25, -0.2) is 4.79 Å². The fraction of sp³-hybridized carbons (Fsp3) is 0.188. The highest BCUT2D eigenvalue weighted by atomic mass is 16.4. The molecule has 2 aromatic carbocycles. The molecule has 0 aliphatic rings. The molecule has 0 saturated carbocycles. The summed E-state index contributed by atoms with van der Waals surface area (Å²) >= 11 is 0. The predicted molar refractivity (Wildman–Crippen MR) is 73.0 cm³/mol. The third-order valence-corrected chi connectivity index (χ3v) is 3.15. The minimum absolute atomic E-state index is 0.405. The maximum absolute atomic E-state index is 11.3. The fourth-order valence-corrected chi connectivity index (χ4v) is 2.19. The molecule has 92 valence electrons. The molecule has 2 heteroatoms. The van der Waals surface area contributed by atoms with E-state index in [4.69, 9.17) is 0 Å². The lowest BCUT2D eigenvalue weighted by atomic mass is 9.93. The molecule has 0 aliphatic heterocycles. The van der Waals surface area contributed by atoms with Crippen molar-refractivity contribution >= 4 is 5.97 Å². The van der Waals surface area contributed by atoms with Gasteiger partial charge < -0.3 is 5.11 Å². The van der Waals surface area contributed by atoms with Gasteiger partial charge in [-0.15, -0.1) is 0 Å². The van der Waals surface area contributed by atoms with Crippen LogP contribution in [0.25, 0.3) is 11.1 Å². The molecule has 2 rings (SSSR count). The SMILES string of the molecule is CCc1cc(C)c(-c2ccccc2)cc1C(=O)O. The zero-order chi connectivity index (χ0) is 13.1. The summed E-state index contributed by atoms with van der Waals surface area (Å²) in [4.78, 5) is 11.3. The van der Waals surface area contributed by atoms with Crippen molar-refractivity contribution in [2.75, 3.05) is 0 Å². The van der Waals surface area contributed by atoms with Gasteiger partial charge >= 0.3 is 5.97 Å². The number of carboxylic acids is 1. The van der Waals surface area contributed by atoms with E-state index >= 15 is 0 Å². The van der Waals surface area contributed by atoms with Gasteiger partial charge in [-0.1, -0.05) is 43.3 Å². The van der Waals surface area contributed by atoms with Gasteiger partial charge in [0.25, 0.3) is 0 Å². The third kappa shape index (κ3) is 2.28. The molecule has 0 aromatic heterocycles. The van der Waals surface area contributed by atoms with Crippen LogP contribution in [0.1, 0.15) is 28.4 Å². The maximum Gasteiger partial charge on any atom is 0.335 e. The van der Waals surface area contributed by atoms with Crippen LogP contribution in [0.4, 0.5) is 0 Å². The van der Waals surface area contributed by atoms with Crippen molar-refractivity contribution in [1.29, 1.82) is 0 Å². The highest BCUT2D eigenvalue weighted by Gasteiger charge is 2.12. The summed E-state index contributed by atoms with van der Waals surface area (Å²) in [7, 11) is 0. The molecule has 0 saturated heterocycles. The first kappa shape index (κ1) is 12.4. The molecule has 18 heavy (non-hydrogen) atoms. The molecule has 0 atom stereocenters. The zero-order valence-corrected chi connectivity index (χ0v) is 10.6. The lowest BCUT2D eigenvalue weighted by Gasteiger charge is -2.11. The summed E-state index contributed by atoms with van der Waals surface area (Å²) in [5.74, 6) is -0.857. The molecule has 1 N–H and O–H groups in total. The van der Waals surface area contributed by atoms with Crippen LogP contribution in [0.5, 0.6) is 0 Å². The lowest BCUT2D eigenvalue weighted by Crippen LogP contribution is -2.03. The number of rotatable bonds is 3. The maximum atomic E-state index is 11.3. The molecule has 0 fully saturated rings. The number of hydrogen-bond donors (Lipinski definition) is 1. The highest BCUT2D eigenvalue weighted by Crippen LogP contribution is 2.27. The van der Waals surface area contributed by atoms with E-state index in [1.807, 2.05) is 50.2 Å². The predicted octanol–water partition coefficient (Wildman–Crippen LogP) is 3.92. The summed E-state index contributed by atoms with van der Waals surface area (Å²) in [5.41, 5.74) is 4.45. The number of hydrogen-bond acceptors (Lipinski definition) is 1. The van der Waals surface area contributed by atoms with Crippen LogP contribution in [-0.2, 0) is 6.42 Å². The average Bonchev–Trinajstić information content (AvgIpc) is 2.39. The van der Waals surface area contributed by atoms with E-state index in [0.717, 1.165) is 28.7 Å². The van der Waals surface area contributed by atoms with Crippen molar-refractivity contribution in [2.24, 2.45) is 0 Å². The molecule has 0 amide bonds. The Kier molecular flexibility index (Phi) is 3.47. The second-order valence-corrected chi connectivity index (χ2v) is 4.35. The number of carbonyl (C=O) groups is 1. The zero-order valence-electron chi connectivity index (χ0n) is 10.6. The second kappa shape index (κ2) is 5.05. The van der Waals surface area contributed by atoms with Gasteiger partial charge in [-0.3, -0.25) is 0 Å². The Morgan fingerprint density at radius 1 is 1.17 bits per heavy atom. The standard InChI is InChI=1S/C16H16O2/c1-3-12-9-11(2)14(10-15(12)16(17)18)13-7-5-4-6-8-13/h4-10H,3H2,1-2H3,(H,17,18). The van der Waals surface area contributed by atoms with Gasteiger partial charge in [0, 0.05) is 0 Å². The van der Waals surface area contributed by atoms with Crippen molar-refractivity contribution in [3.63, 3.8) is 0 Å². The van der Waals surface area contributed by atoms with Crippen LogP contribution in [0, 0.1) is 6.92 Å². The Bertz CT molecular complexity index is 571. The van der Waals surface area contributed by atoms with Crippen molar-refractivity contribution in [2.45, 2.75) is 20.3 Å². The lowest BCUT2D eigenvalue weighted by molar-refractivity contribution is 0.0696. The van der Waals surface area contributed by atoms with Crippen LogP contribution in [0.15, 0.2) is 42.5 Å². The molecule has 0 spiro atoms. The number of carboxylic acid groups (broad SMARTS) is 1.